The van der Waals surface area contributed by atoms with Crippen LogP contribution in [0.2, 0.25) is 0 Å². The molecule has 170 valence electrons. The molecule has 2 aromatic carbocycles. The summed E-state index contributed by atoms with van der Waals surface area (Å²) in [4.78, 5) is 22.1. The van der Waals surface area contributed by atoms with Gasteiger partial charge >= 0.3 is 0 Å². The topological polar surface area (TPSA) is 74.8 Å². The molecule has 0 bridgehead atoms. The standard InChI is InChI=1S/C23H28N4O3S2/c1-3-30-17-9-10-18(23(28)25-32(29)4-2)20(15-17)27-13-11-26(12-14-27)16-22-24-19-7-5-6-8-21(19)31-22/h5-10,15H,3-4,11-14,16H2,1-2H3,(H,25,28). The van der Waals surface area contributed by atoms with E-state index in [1.54, 1.807) is 30.4 Å². The molecule has 1 aromatic heterocycles. The Morgan fingerprint density at radius 3 is 2.66 bits per heavy atom. The second kappa shape index (κ2) is 10.4. The maximum Gasteiger partial charge on any atom is 0.265 e. The van der Waals surface area contributed by atoms with E-state index in [1.165, 1.54) is 4.70 Å². The molecule has 1 fully saturated rings. The zero-order valence-corrected chi connectivity index (χ0v) is 20.0. The van der Waals surface area contributed by atoms with Crippen molar-refractivity contribution >= 4 is 44.1 Å². The van der Waals surface area contributed by atoms with Crippen molar-refractivity contribution in [2.24, 2.45) is 0 Å². The van der Waals surface area contributed by atoms with Crippen LogP contribution in [0.25, 0.3) is 10.2 Å². The van der Waals surface area contributed by atoms with Crippen LogP contribution in [0.1, 0.15) is 29.2 Å². The number of rotatable bonds is 8. The molecule has 2 heterocycles. The highest BCUT2D eigenvalue weighted by Gasteiger charge is 2.23. The van der Waals surface area contributed by atoms with Gasteiger partial charge < -0.3 is 9.64 Å². The summed E-state index contributed by atoms with van der Waals surface area (Å²) >= 11 is 1.74. The van der Waals surface area contributed by atoms with Crippen molar-refractivity contribution in [1.29, 1.82) is 0 Å². The first-order valence-corrected chi connectivity index (χ1v) is 13.0. The van der Waals surface area contributed by atoms with E-state index in [1.807, 2.05) is 25.1 Å². The van der Waals surface area contributed by atoms with Crippen LogP contribution in [0.4, 0.5) is 5.69 Å². The van der Waals surface area contributed by atoms with Crippen molar-refractivity contribution < 1.29 is 13.7 Å². The molecule has 9 heteroatoms. The number of nitrogens with one attached hydrogen (secondary N) is 1. The van der Waals surface area contributed by atoms with E-state index in [0.717, 1.165) is 54.7 Å². The number of para-hydroxylation sites is 1. The van der Waals surface area contributed by atoms with Crippen molar-refractivity contribution in [2.45, 2.75) is 20.4 Å². The molecule has 0 saturated carbocycles. The van der Waals surface area contributed by atoms with Gasteiger partial charge in [0.25, 0.3) is 5.91 Å². The van der Waals surface area contributed by atoms with Crippen LogP contribution in [-0.2, 0) is 17.5 Å². The zero-order chi connectivity index (χ0) is 22.5. The van der Waals surface area contributed by atoms with Gasteiger partial charge in [0.15, 0.2) is 0 Å². The minimum Gasteiger partial charge on any atom is -0.494 e. The predicted octanol–water partition coefficient (Wildman–Crippen LogP) is 3.43. The molecular formula is C23H28N4O3S2. The van der Waals surface area contributed by atoms with Gasteiger partial charge in [0, 0.05) is 38.0 Å². The van der Waals surface area contributed by atoms with Gasteiger partial charge in [-0.05, 0) is 31.2 Å². The quantitative estimate of drug-likeness (QED) is 0.541. The first-order valence-electron chi connectivity index (χ1n) is 10.8. The number of fused-ring (bicyclic) bond motifs is 1. The molecule has 0 spiro atoms. The number of aromatic nitrogens is 1. The third-order valence-electron chi connectivity index (χ3n) is 5.40. The van der Waals surface area contributed by atoms with Crippen molar-refractivity contribution in [2.75, 3.05) is 43.4 Å². The van der Waals surface area contributed by atoms with Crippen LogP contribution in [0.5, 0.6) is 5.75 Å². The number of benzene rings is 2. The van der Waals surface area contributed by atoms with E-state index >= 15 is 0 Å². The lowest BCUT2D eigenvalue weighted by Gasteiger charge is -2.36. The van der Waals surface area contributed by atoms with Crippen molar-refractivity contribution in [3.8, 4) is 5.75 Å². The van der Waals surface area contributed by atoms with Crippen molar-refractivity contribution in [3.63, 3.8) is 0 Å². The van der Waals surface area contributed by atoms with E-state index in [0.29, 0.717) is 17.9 Å². The Bertz CT molecular complexity index is 1080. The number of nitrogens with zero attached hydrogens (tertiary/aromatic N) is 3. The second-order valence-corrected chi connectivity index (χ2v) is 10.1. The predicted molar refractivity (Wildman–Crippen MR) is 131 cm³/mol. The fourth-order valence-electron chi connectivity index (χ4n) is 3.78. The number of ether oxygens (including phenoxy) is 1. The molecule has 1 aliphatic rings. The minimum absolute atomic E-state index is 0.319. The van der Waals surface area contributed by atoms with Crippen LogP contribution < -0.4 is 14.4 Å². The number of piperazine rings is 1. The number of carbonyl (C=O) groups is 1. The van der Waals surface area contributed by atoms with Crippen LogP contribution in [0.15, 0.2) is 42.5 Å². The number of amides is 1. The van der Waals surface area contributed by atoms with E-state index in [9.17, 15) is 9.00 Å². The summed E-state index contributed by atoms with van der Waals surface area (Å²) in [6, 6.07) is 13.7. The third kappa shape index (κ3) is 5.28. The van der Waals surface area contributed by atoms with E-state index < -0.39 is 11.0 Å². The maximum absolute atomic E-state index is 12.7. The molecule has 1 atom stereocenters. The SMILES string of the molecule is CCOc1ccc(C(=O)NS(=O)CC)c(N2CCN(Cc3nc4ccccc4s3)CC2)c1. The summed E-state index contributed by atoms with van der Waals surface area (Å²) in [5.74, 6) is 0.787. The molecule has 1 N–H and O–H groups in total. The van der Waals surface area contributed by atoms with Crippen LogP contribution in [0.3, 0.4) is 0 Å². The molecule has 3 aromatic rings. The summed E-state index contributed by atoms with van der Waals surface area (Å²) in [6.07, 6.45) is 0. The number of carbonyl (C=O) groups excluding carboxylic acids is 1. The summed E-state index contributed by atoms with van der Waals surface area (Å²) in [5.41, 5.74) is 2.40. The summed E-state index contributed by atoms with van der Waals surface area (Å²) in [7, 11) is -1.38. The van der Waals surface area contributed by atoms with Crippen molar-refractivity contribution in [1.82, 2.24) is 14.6 Å². The van der Waals surface area contributed by atoms with Gasteiger partial charge in [0.2, 0.25) is 0 Å². The number of hydrogen-bond donors (Lipinski definition) is 1. The van der Waals surface area contributed by atoms with Gasteiger partial charge in [-0.3, -0.25) is 14.4 Å². The van der Waals surface area contributed by atoms with Gasteiger partial charge in [0.05, 0.1) is 34.6 Å². The third-order valence-corrected chi connectivity index (χ3v) is 7.36. The summed E-state index contributed by atoms with van der Waals surface area (Å²) < 4.78 is 21.3. The largest absolute Gasteiger partial charge is 0.494 e. The monoisotopic (exact) mass is 472 g/mol. The lowest BCUT2D eigenvalue weighted by molar-refractivity contribution is 0.0983. The minimum atomic E-state index is -1.38. The Kier molecular flexibility index (Phi) is 7.39. The highest BCUT2D eigenvalue weighted by molar-refractivity contribution is 7.83. The molecule has 1 amide bonds. The van der Waals surface area contributed by atoms with Gasteiger partial charge in [-0.15, -0.1) is 11.3 Å². The summed E-state index contributed by atoms with van der Waals surface area (Å²) in [5, 5.41) is 1.13. The van der Waals surface area contributed by atoms with E-state index in [-0.39, 0.29) is 5.91 Å². The van der Waals surface area contributed by atoms with Crippen LogP contribution >= 0.6 is 11.3 Å². The van der Waals surface area contributed by atoms with Gasteiger partial charge in [-0.25, -0.2) is 9.19 Å². The second-order valence-electron chi connectivity index (χ2n) is 7.52. The fourth-order valence-corrected chi connectivity index (χ4v) is 5.25. The maximum atomic E-state index is 12.7. The molecule has 4 rings (SSSR count). The van der Waals surface area contributed by atoms with Gasteiger partial charge in [-0.2, -0.15) is 0 Å². The van der Waals surface area contributed by atoms with Crippen molar-refractivity contribution in [3.05, 3.63) is 53.0 Å². The first-order chi connectivity index (χ1) is 15.6. The van der Waals surface area contributed by atoms with Crippen LogP contribution in [0, 0.1) is 0 Å². The molecule has 0 aliphatic carbocycles. The Morgan fingerprint density at radius 2 is 1.94 bits per heavy atom. The van der Waals surface area contributed by atoms with E-state index in [2.05, 4.69) is 26.7 Å². The molecule has 1 saturated heterocycles. The zero-order valence-electron chi connectivity index (χ0n) is 18.4. The Labute approximate surface area is 195 Å². The molecule has 0 radical (unpaired) electrons. The van der Waals surface area contributed by atoms with Crippen LogP contribution in [-0.4, -0.2) is 58.5 Å². The number of thiazole rings is 1. The summed E-state index contributed by atoms with van der Waals surface area (Å²) in [6.45, 7) is 8.42. The van der Waals surface area contributed by atoms with Gasteiger partial charge in [-0.1, -0.05) is 19.1 Å². The van der Waals surface area contributed by atoms with Gasteiger partial charge in [0.1, 0.15) is 21.7 Å². The first kappa shape index (κ1) is 22.7. The molecule has 1 aliphatic heterocycles. The molecule has 1 unspecified atom stereocenters. The Morgan fingerprint density at radius 1 is 1.16 bits per heavy atom. The highest BCUT2D eigenvalue weighted by atomic mass is 32.2. The Balaban J connectivity index is 1.46. The average molecular weight is 473 g/mol. The highest BCUT2D eigenvalue weighted by Crippen LogP contribution is 2.28. The lowest BCUT2D eigenvalue weighted by Crippen LogP contribution is -2.46. The lowest BCUT2D eigenvalue weighted by atomic mass is 10.1. The fraction of sp³-hybridized carbons (Fsp3) is 0.391. The number of hydrogen-bond acceptors (Lipinski definition) is 7. The molecule has 7 nitrogen and oxygen atoms in total. The normalized spacial score (nSPS) is 15.6. The smallest absolute Gasteiger partial charge is 0.265 e. The molecular weight excluding hydrogens is 444 g/mol. The van der Waals surface area contributed by atoms with E-state index in [4.69, 9.17) is 9.72 Å². The average Bonchev–Trinajstić information content (AvgIpc) is 3.22. The Hall–Kier alpha value is -2.49. The molecule has 32 heavy (non-hydrogen) atoms. The number of anilines is 1.